The van der Waals surface area contributed by atoms with Crippen LogP contribution in [0.3, 0.4) is 0 Å². The third-order valence-electron chi connectivity index (χ3n) is 1.80. The van der Waals surface area contributed by atoms with Gasteiger partial charge < -0.3 is 5.73 Å². The van der Waals surface area contributed by atoms with E-state index in [0.717, 1.165) is 40.1 Å². The Balaban J connectivity index is 2.49. The summed E-state index contributed by atoms with van der Waals surface area (Å²) in [5, 5.41) is 1.50. The Labute approximate surface area is 99.0 Å². The third-order valence-corrected chi connectivity index (χ3v) is 3.58. The molecule has 1 nitrogen and oxygen atoms in total. The third kappa shape index (κ3) is 3.70. The summed E-state index contributed by atoms with van der Waals surface area (Å²) in [5.41, 5.74) is 6.43. The first-order valence-electron chi connectivity index (χ1n) is 4.46. The number of rotatable bonds is 5. The number of benzene rings is 1. The van der Waals surface area contributed by atoms with Crippen LogP contribution in [0.15, 0.2) is 18.2 Å². The molecule has 0 aliphatic heterocycles. The van der Waals surface area contributed by atoms with Gasteiger partial charge in [-0.25, -0.2) is 0 Å². The van der Waals surface area contributed by atoms with E-state index in [1.807, 2.05) is 30.0 Å². The molecule has 2 N–H and O–H groups in total. The molecule has 0 aromatic heterocycles. The van der Waals surface area contributed by atoms with E-state index in [9.17, 15) is 0 Å². The van der Waals surface area contributed by atoms with Crippen LogP contribution < -0.4 is 5.73 Å². The summed E-state index contributed by atoms with van der Waals surface area (Å²) in [6, 6.07) is 5.59. The Morgan fingerprint density at radius 1 is 1.21 bits per heavy atom. The van der Waals surface area contributed by atoms with Crippen molar-refractivity contribution in [2.75, 3.05) is 12.3 Å². The molecule has 78 valence electrons. The van der Waals surface area contributed by atoms with Gasteiger partial charge in [-0.2, -0.15) is 11.8 Å². The summed E-state index contributed by atoms with van der Waals surface area (Å²) in [7, 11) is 0. The van der Waals surface area contributed by atoms with Gasteiger partial charge in [0.15, 0.2) is 0 Å². The highest BCUT2D eigenvalue weighted by Gasteiger charge is 2.04. The van der Waals surface area contributed by atoms with E-state index in [0.29, 0.717) is 0 Å². The van der Waals surface area contributed by atoms with Crippen LogP contribution >= 0.6 is 35.0 Å². The zero-order chi connectivity index (χ0) is 10.4. The predicted molar refractivity (Wildman–Crippen MR) is 66.3 cm³/mol. The number of thioether (sulfide) groups is 1. The Hall–Kier alpha value is 0.110. The average molecular weight is 250 g/mol. The van der Waals surface area contributed by atoms with E-state index >= 15 is 0 Å². The van der Waals surface area contributed by atoms with E-state index in [-0.39, 0.29) is 0 Å². The molecule has 0 fully saturated rings. The molecular formula is C10H13Cl2NS. The van der Waals surface area contributed by atoms with Crippen molar-refractivity contribution in [3.8, 4) is 0 Å². The molecule has 1 aromatic carbocycles. The molecule has 0 aliphatic carbocycles. The van der Waals surface area contributed by atoms with Crippen LogP contribution in [-0.2, 0) is 5.75 Å². The van der Waals surface area contributed by atoms with Crippen molar-refractivity contribution in [1.82, 2.24) is 0 Å². The predicted octanol–water partition coefficient (Wildman–Crippen LogP) is 3.58. The summed E-state index contributed by atoms with van der Waals surface area (Å²) < 4.78 is 0. The first-order chi connectivity index (χ1) is 6.75. The van der Waals surface area contributed by atoms with Crippen LogP contribution in [0.5, 0.6) is 0 Å². The molecule has 0 atom stereocenters. The van der Waals surface area contributed by atoms with Crippen LogP contribution in [0.25, 0.3) is 0 Å². The fourth-order valence-electron chi connectivity index (χ4n) is 1.03. The van der Waals surface area contributed by atoms with Gasteiger partial charge in [0.05, 0.1) is 0 Å². The highest BCUT2D eigenvalue weighted by molar-refractivity contribution is 7.98. The second-order valence-electron chi connectivity index (χ2n) is 2.90. The van der Waals surface area contributed by atoms with Crippen molar-refractivity contribution >= 4 is 35.0 Å². The van der Waals surface area contributed by atoms with Gasteiger partial charge in [0.2, 0.25) is 0 Å². The average Bonchev–Trinajstić information content (AvgIpc) is 2.16. The van der Waals surface area contributed by atoms with Gasteiger partial charge in [0.1, 0.15) is 0 Å². The fourth-order valence-corrected chi connectivity index (χ4v) is 2.75. The van der Waals surface area contributed by atoms with E-state index in [1.165, 1.54) is 0 Å². The molecule has 14 heavy (non-hydrogen) atoms. The summed E-state index contributed by atoms with van der Waals surface area (Å²) >= 11 is 13.9. The number of hydrogen-bond acceptors (Lipinski definition) is 2. The molecular weight excluding hydrogens is 237 g/mol. The normalized spacial score (nSPS) is 10.5. The molecule has 0 saturated carbocycles. The van der Waals surface area contributed by atoms with Gasteiger partial charge >= 0.3 is 0 Å². The number of hydrogen-bond donors (Lipinski definition) is 1. The van der Waals surface area contributed by atoms with Crippen molar-refractivity contribution in [2.45, 2.75) is 12.2 Å². The van der Waals surface area contributed by atoms with Crippen molar-refractivity contribution in [3.05, 3.63) is 33.8 Å². The Morgan fingerprint density at radius 2 is 1.86 bits per heavy atom. The number of halogens is 2. The maximum absolute atomic E-state index is 6.02. The lowest BCUT2D eigenvalue weighted by molar-refractivity contribution is 0.943. The van der Waals surface area contributed by atoms with Gasteiger partial charge in [0, 0.05) is 15.8 Å². The highest BCUT2D eigenvalue weighted by Crippen LogP contribution is 2.28. The van der Waals surface area contributed by atoms with Gasteiger partial charge in [-0.15, -0.1) is 0 Å². The molecule has 1 aromatic rings. The van der Waals surface area contributed by atoms with E-state index in [1.54, 1.807) is 0 Å². The molecule has 0 bridgehead atoms. The van der Waals surface area contributed by atoms with Crippen molar-refractivity contribution in [1.29, 1.82) is 0 Å². The highest BCUT2D eigenvalue weighted by atomic mass is 35.5. The molecule has 0 unspecified atom stereocenters. The van der Waals surface area contributed by atoms with Crippen molar-refractivity contribution in [2.24, 2.45) is 5.73 Å². The summed E-state index contributed by atoms with van der Waals surface area (Å²) in [6.07, 6.45) is 1.03. The minimum absolute atomic E-state index is 0.739. The monoisotopic (exact) mass is 249 g/mol. The Bertz CT molecular complexity index is 271. The van der Waals surface area contributed by atoms with E-state index in [4.69, 9.17) is 28.9 Å². The lowest BCUT2D eigenvalue weighted by atomic mass is 10.2. The van der Waals surface area contributed by atoms with Crippen LogP contribution in [0.2, 0.25) is 10.0 Å². The largest absolute Gasteiger partial charge is 0.330 e. The minimum Gasteiger partial charge on any atom is -0.330 e. The van der Waals surface area contributed by atoms with Crippen LogP contribution in [0.1, 0.15) is 12.0 Å². The summed E-state index contributed by atoms with van der Waals surface area (Å²) in [5.74, 6) is 1.91. The topological polar surface area (TPSA) is 26.0 Å². The SMILES string of the molecule is NCCCSCc1c(Cl)cccc1Cl. The van der Waals surface area contributed by atoms with Crippen LogP contribution in [-0.4, -0.2) is 12.3 Å². The van der Waals surface area contributed by atoms with E-state index in [2.05, 4.69) is 0 Å². The molecule has 0 aliphatic rings. The second-order valence-corrected chi connectivity index (χ2v) is 4.81. The smallest absolute Gasteiger partial charge is 0.0461 e. The molecule has 0 heterocycles. The van der Waals surface area contributed by atoms with Gasteiger partial charge in [-0.1, -0.05) is 29.3 Å². The van der Waals surface area contributed by atoms with Crippen LogP contribution in [0, 0.1) is 0 Å². The standard InChI is InChI=1S/C10H13Cl2NS/c11-9-3-1-4-10(12)8(9)7-14-6-2-5-13/h1,3-4H,2,5-7,13H2. The van der Waals surface area contributed by atoms with Gasteiger partial charge in [-0.3, -0.25) is 0 Å². The Morgan fingerprint density at radius 3 is 2.43 bits per heavy atom. The molecule has 0 amide bonds. The minimum atomic E-state index is 0.739. The lowest BCUT2D eigenvalue weighted by Crippen LogP contribution is -1.99. The summed E-state index contributed by atoms with van der Waals surface area (Å²) in [6.45, 7) is 0.739. The van der Waals surface area contributed by atoms with Gasteiger partial charge in [-0.05, 0) is 36.4 Å². The zero-order valence-corrected chi connectivity index (χ0v) is 10.1. The second kappa shape index (κ2) is 6.57. The molecule has 1 rings (SSSR count). The molecule has 4 heteroatoms. The quantitative estimate of drug-likeness (QED) is 0.808. The van der Waals surface area contributed by atoms with Crippen LogP contribution in [0.4, 0.5) is 0 Å². The zero-order valence-electron chi connectivity index (χ0n) is 7.80. The first-order valence-corrected chi connectivity index (χ1v) is 6.37. The number of nitrogens with two attached hydrogens (primary N) is 1. The first kappa shape index (κ1) is 12.2. The van der Waals surface area contributed by atoms with Gasteiger partial charge in [0.25, 0.3) is 0 Å². The Kier molecular flexibility index (Phi) is 5.71. The maximum Gasteiger partial charge on any atom is 0.0461 e. The molecule has 0 radical (unpaired) electrons. The molecule has 0 saturated heterocycles. The molecule has 0 spiro atoms. The lowest BCUT2D eigenvalue weighted by Gasteiger charge is -2.05. The van der Waals surface area contributed by atoms with Crippen molar-refractivity contribution < 1.29 is 0 Å². The fraction of sp³-hybridized carbons (Fsp3) is 0.400. The van der Waals surface area contributed by atoms with Crippen molar-refractivity contribution in [3.63, 3.8) is 0 Å². The maximum atomic E-state index is 6.02. The van der Waals surface area contributed by atoms with E-state index < -0.39 is 0 Å². The summed E-state index contributed by atoms with van der Waals surface area (Å²) in [4.78, 5) is 0.